The third-order valence-corrected chi connectivity index (χ3v) is 5.28. The van der Waals surface area contributed by atoms with Gasteiger partial charge in [-0.3, -0.25) is 4.57 Å². The van der Waals surface area contributed by atoms with E-state index in [1.807, 2.05) is 6.20 Å². The van der Waals surface area contributed by atoms with Crippen LogP contribution in [0.1, 0.15) is 37.7 Å². The summed E-state index contributed by atoms with van der Waals surface area (Å²) in [5.41, 5.74) is 0.0387. The Morgan fingerprint density at radius 1 is 1.18 bits per heavy atom. The molecule has 6 nitrogen and oxygen atoms in total. The van der Waals surface area contributed by atoms with Crippen molar-refractivity contribution in [2.24, 2.45) is 0 Å². The second-order valence-electron chi connectivity index (χ2n) is 6.59. The van der Waals surface area contributed by atoms with Crippen molar-refractivity contribution in [2.75, 3.05) is 7.05 Å². The SMILES string of the molecule is CN1C2CCCC1CC(O)(c1cnc(-n3ccnc3)nc1)C2. The molecule has 2 saturated heterocycles. The van der Waals surface area contributed by atoms with Gasteiger partial charge in [-0.1, -0.05) is 6.42 Å². The molecule has 2 aliphatic rings. The maximum absolute atomic E-state index is 11.2. The number of fused-ring (bicyclic) bond motifs is 2. The third kappa shape index (κ3) is 2.23. The van der Waals surface area contributed by atoms with Crippen LogP contribution in [0.4, 0.5) is 0 Å². The highest BCUT2D eigenvalue weighted by molar-refractivity contribution is 5.22. The number of rotatable bonds is 2. The van der Waals surface area contributed by atoms with Crippen LogP contribution in [0.5, 0.6) is 0 Å². The van der Waals surface area contributed by atoms with Crippen LogP contribution in [0.3, 0.4) is 0 Å². The Bertz CT molecular complexity index is 625. The fourth-order valence-corrected chi connectivity index (χ4v) is 3.96. The van der Waals surface area contributed by atoms with Crippen LogP contribution in [-0.2, 0) is 5.60 Å². The highest BCUT2D eigenvalue weighted by atomic mass is 16.3. The summed E-state index contributed by atoms with van der Waals surface area (Å²) < 4.78 is 1.76. The largest absolute Gasteiger partial charge is 0.385 e. The Balaban J connectivity index is 1.61. The third-order valence-electron chi connectivity index (χ3n) is 5.28. The fourth-order valence-electron chi connectivity index (χ4n) is 3.96. The van der Waals surface area contributed by atoms with Crippen molar-refractivity contribution in [3.63, 3.8) is 0 Å². The van der Waals surface area contributed by atoms with E-state index in [-0.39, 0.29) is 0 Å². The number of nitrogens with zero attached hydrogens (tertiary/aromatic N) is 5. The molecule has 2 unspecified atom stereocenters. The lowest BCUT2D eigenvalue weighted by molar-refractivity contribution is -0.0878. The first kappa shape index (κ1) is 13.8. The zero-order valence-electron chi connectivity index (χ0n) is 12.8. The van der Waals surface area contributed by atoms with E-state index in [2.05, 4.69) is 26.9 Å². The fraction of sp³-hybridized carbons (Fsp3) is 0.562. The van der Waals surface area contributed by atoms with Crippen molar-refractivity contribution in [1.82, 2.24) is 24.4 Å². The van der Waals surface area contributed by atoms with Crippen LogP contribution < -0.4 is 0 Å². The van der Waals surface area contributed by atoms with E-state index in [0.717, 1.165) is 18.4 Å². The highest BCUT2D eigenvalue weighted by Gasteiger charge is 2.45. The maximum atomic E-state index is 11.2. The van der Waals surface area contributed by atoms with Crippen molar-refractivity contribution in [1.29, 1.82) is 0 Å². The molecule has 116 valence electrons. The van der Waals surface area contributed by atoms with E-state index in [9.17, 15) is 5.11 Å². The second-order valence-corrected chi connectivity index (χ2v) is 6.59. The van der Waals surface area contributed by atoms with Crippen LogP contribution in [0.15, 0.2) is 31.1 Å². The highest BCUT2D eigenvalue weighted by Crippen LogP contribution is 2.43. The van der Waals surface area contributed by atoms with Gasteiger partial charge in [-0.2, -0.15) is 0 Å². The first-order chi connectivity index (χ1) is 10.7. The van der Waals surface area contributed by atoms with Gasteiger partial charge in [0, 0.05) is 42.4 Å². The summed E-state index contributed by atoms with van der Waals surface area (Å²) in [6.07, 6.45) is 13.9. The van der Waals surface area contributed by atoms with E-state index < -0.39 is 5.60 Å². The molecule has 2 bridgehead atoms. The Hall–Kier alpha value is -1.79. The smallest absolute Gasteiger partial charge is 0.234 e. The summed E-state index contributed by atoms with van der Waals surface area (Å²) in [7, 11) is 2.19. The van der Waals surface area contributed by atoms with Gasteiger partial charge >= 0.3 is 0 Å². The minimum Gasteiger partial charge on any atom is -0.385 e. The molecular formula is C16H21N5O. The van der Waals surface area contributed by atoms with Crippen molar-refractivity contribution in [3.05, 3.63) is 36.7 Å². The first-order valence-corrected chi connectivity index (χ1v) is 7.91. The second kappa shape index (κ2) is 5.14. The topological polar surface area (TPSA) is 67.1 Å². The molecule has 0 spiro atoms. The van der Waals surface area contributed by atoms with Crippen molar-refractivity contribution in [3.8, 4) is 5.95 Å². The number of imidazole rings is 1. The van der Waals surface area contributed by atoms with E-state index in [4.69, 9.17) is 0 Å². The minimum atomic E-state index is -0.796. The number of hydrogen-bond donors (Lipinski definition) is 1. The Morgan fingerprint density at radius 2 is 1.86 bits per heavy atom. The van der Waals surface area contributed by atoms with Gasteiger partial charge in [0.15, 0.2) is 0 Å². The molecule has 4 rings (SSSR count). The summed E-state index contributed by atoms with van der Waals surface area (Å²) in [5.74, 6) is 0.581. The van der Waals surface area contributed by atoms with Gasteiger partial charge in [0.05, 0.1) is 5.60 Å². The van der Waals surface area contributed by atoms with Crippen LogP contribution in [0.25, 0.3) is 5.95 Å². The molecule has 0 aliphatic carbocycles. The zero-order chi connectivity index (χ0) is 15.2. The summed E-state index contributed by atoms with van der Waals surface area (Å²) in [6.45, 7) is 0. The van der Waals surface area contributed by atoms with Crippen LogP contribution in [0.2, 0.25) is 0 Å². The molecular weight excluding hydrogens is 278 g/mol. The van der Waals surface area contributed by atoms with Gasteiger partial charge in [0.25, 0.3) is 0 Å². The lowest BCUT2D eigenvalue weighted by Crippen LogP contribution is -2.55. The number of piperidine rings is 2. The predicted molar refractivity (Wildman–Crippen MR) is 81.5 cm³/mol. The quantitative estimate of drug-likeness (QED) is 0.910. The van der Waals surface area contributed by atoms with Gasteiger partial charge in [-0.05, 0) is 32.7 Å². The lowest BCUT2D eigenvalue weighted by atomic mass is 9.73. The molecule has 2 aromatic heterocycles. The molecule has 6 heteroatoms. The maximum Gasteiger partial charge on any atom is 0.234 e. The van der Waals surface area contributed by atoms with Crippen LogP contribution in [0, 0.1) is 0 Å². The Kier molecular flexibility index (Phi) is 3.23. The Labute approximate surface area is 129 Å². The van der Waals surface area contributed by atoms with Gasteiger partial charge in [-0.15, -0.1) is 0 Å². The normalized spacial score (nSPS) is 32.1. The van der Waals surface area contributed by atoms with Crippen LogP contribution >= 0.6 is 0 Å². The molecule has 0 radical (unpaired) electrons. The summed E-state index contributed by atoms with van der Waals surface area (Å²) in [6, 6.07) is 0.927. The monoisotopic (exact) mass is 299 g/mol. The number of hydrogen-bond acceptors (Lipinski definition) is 5. The van der Waals surface area contributed by atoms with E-state index >= 15 is 0 Å². The van der Waals surface area contributed by atoms with Crippen molar-refractivity contribution in [2.45, 2.75) is 49.8 Å². The van der Waals surface area contributed by atoms with Gasteiger partial charge in [0.1, 0.15) is 6.33 Å². The number of aromatic nitrogens is 4. The molecule has 1 N–H and O–H groups in total. The molecule has 22 heavy (non-hydrogen) atoms. The average Bonchev–Trinajstić information content (AvgIpc) is 3.04. The van der Waals surface area contributed by atoms with E-state index in [1.54, 1.807) is 29.5 Å². The van der Waals surface area contributed by atoms with Gasteiger partial charge in [0.2, 0.25) is 5.95 Å². The molecule has 2 aromatic rings. The molecule has 2 aliphatic heterocycles. The predicted octanol–water partition coefficient (Wildman–Crippen LogP) is 1.50. The zero-order valence-corrected chi connectivity index (χ0v) is 12.8. The summed E-state index contributed by atoms with van der Waals surface area (Å²) in [4.78, 5) is 15.2. The molecule has 0 amide bonds. The molecule has 2 fully saturated rings. The summed E-state index contributed by atoms with van der Waals surface area (Å²) >= 11 is 0. The van der Waals surface area contributed by atoms with Gasteiger partial charge in [-0.25, -0.2) is 15.0 Å². The summed E-state index contributed by atoms with van der Waals surface area (Å²) in [5, 5.41) is 11.2. The van der Waals surface area contributed by atoms with Crippen LogP contribution in [-0.4, -0.2) is 48.7 Å². The number of aliphatic hydroxyl groups is 1. The Morgan fingerprint density at radius 3 is 2.45 bits per heavy atom. The average molecular weight is 299 g/mol. The molecule has 2 atom stereocenters. The van der Waals surface area contributed by atoms with Crippen molar-refractivity contribution >= 4 is 0 Å². The van der Waals surface area contributed by atoms with Crippen molar-refractivity contribution < 1.29 is 5.11 Å². The molecule has 0 saturated carbocycles. The van der Waals surface area contributed by atoms with E-state index in [0.29, 0.717) is 18.0 Å². The lowest BCUT2D eigenvalue weighted by Gasteiger charge is -2.50. The molecule has 4 heterocycles. The minimum absolute atomic E-state index is 0.464. The standard InChI is InChI=1S/C16H21N5O/c1-20-13-3-2-4-14(20)8-16(22,7-13)12-9-18-15(19-10-12)21-6-5-17-11-21/h5-6,9-11,13-14,22H,2-4,7-8H2,1H3. The first-order valence-electron chi connectivity index (χ1n) is 7.91. The van der Waals surface area contributed by atoms with Gasteiger partial charge < -0.3 is 10.0 Å². The molecule has 0 aromatic carbocycles. The van der Waals surface area contributed by atoms with E-state index in [1.165, 1.54) is 19.3 Å².